The Labute approximate surface area is 834 Å². The van der Waals surface area contributed by atoms with Gasteiger partial charge in [0.2, 0.25) is 11.9 Å². The van der Waals surface area contributed by atoms with Gasteiger partial charge in [0.15, 0.2) is 40.8 Å². The predicted octanol–water partition coefficient (Wildman–Crippen LogP) is 33.4. The van der Waals surface area contributed by atoms with Gasteiger partial charge in [-0.2, -0.15) is 19.9 Å². The molecule has 9 aromatic heterocycles. The molecular formula is C129H81N13S2. The molecule has 29 rings (SSSR count). The van der Waals surface area contributed by atoms with Crippen LogP contribution in [0, 0.1) is 0 Å². The van der Waals surface area contributed by atoms with Crippen LogP contribution in [0.5, 0.6) is 0 Å². The van der Waals surface area contributed by atoms with Crippen molar-refractivity contribution < 1.29 is 0 Å². The lowest BCUT2D eigenvalue weighted by molar-refractivity contribution is 0.953. The average Bonchev–Trinajstić information content (AvgIpc) is 1.59. The van der Waals surface area contributed by atoms with Gasteiger partial charge in [0.25, 0.3) is 0 Å². The SMILES string of the molecule is c1ccc(-c2nc(-c3ccccc3)nc(-c3ccc(-n4c5ccccc5c5ccc(-c6cccc7c6sc6ccccc67)cc54)cc3)n2)cc1.c1ccc(-c2nc(-c3ccccc3)nc(-n3c4ccccc4c4cc(-c5ccc6c(c5)c5ccccc5n6-c5ccccc5)ccc43)n2)cc1.c1ccc(-c2nc(-c3ccccc3)nc(-n3c4ccccc4c4ccc(-c5cccc6c5sc5ccccc56)cc43)n2)cc1. The second-order valence-electron chi connectivity index (χ2n) is 35.8. The first kappa shape index (κ1) is 84.4. The lowest BCUT2D eigenvalue weighted by Crippen LogP contribution is -2.06. The van der Waals surface area contributed by atoms with E-state index in [0.29, 0.717) is 52.7 Å². The molecule has 674 valence electrons. The summed E-state index contributed by atoms with van der Waals surface area (Å²) in [6.07, 6.45) is 0. The van der Waals surface area contributed by atoms with Crippen molar-refractivity contribution in [2.45, 2.75) is 0 Å². The first-order chi connectivity index (χ1) is 71.4. The van der Waals surface area contributed by atoms with Crippen molar-refractivity contribution in [1.82, 2.24) is 63.1 Å². The Morgan fingerprint density at radius 2 is 0.382 bits per heavy atom. The Kier molecular flexibility index (Phi) is 21.0. The van der Waals surface area contributed by atoms with Crippen LogP contribution in [0.3, 0.4) is 0 Å². The van der Waals surface area contributed by atoms with Crippen LogP contribution in [0.25, 0.3) is 264 Å². The summed E-state index contributed by atoms with van der Waals surface area (Å²) in [5.41, 5.74) is 25.0. The molecule has 0 radical (unpaired) electrons. The fourth-order valence-corrected chi connectivity index (χ4v) is 23.1. The molecule has 0 spiro atoms. The number of benzene rings is 20. The third kappa shape index (κ3) is 15.1. The maximum Gasteiger partial charge on any atom is 0.238 e. The van der Waals surface area contributed by atoms with E-state index in [-0.39, 0.29) is 0 Å². The van der Waals surface area contributed by atoms with Crippen LogP contribution >= 0.6 is 22.7 Å². The molecule has 0 amide bonds. The summed E-state index contributed by atoms with van der Waals surface area (Å²) in [5, 5.41) is 14.8. The molecule has 0 fully saturated rings. The van der Waals surface area contributed by atoms with Crippen LogP contribution < -0.4 is 0 Å². The monoisotopic (exact) mass is 1880 g/mol. The predicted molar refractivity (Wildman–Crippen MR) is 597 cm³/mol. The minimum Gasteiger partial charge on any atom is -0.309 e. The van der Waals surface area contributed by atoms with Crippen molar-refractivity contribution in [3.63, 3.8) is 0 Å². The van der Waals surface area contributed by atoms with Crippen molar-refractivity contribution >= 4 is 150 Å². The van der Waals surface area contributed by atoms with E-state index in [4.69, 9.17) is 44.9 Å². The zero-order chi connectivity index (χ0) is 95.1. The van der Waals surface area contributed by atoms with Crippen LogP contribution in [0.15, 0.2) is 491 Å². The van der Waals surface area contributed by atoms with E-state index in [1.807, 2.05) is 205 Å². The van der Waals surface area contributed by atoms with Crippen molar-refractivity contribution in [1.29, 1.82) is 0 Å². The quantitative estimate of drug-likeness (QED) is 0.104. The van der Waals surface area contributed by atoms with E-state index in [0.717, 1.165) is 99.5 Å². The van der Waals surface area contributed by atoms with Crippen LogP contribution in [0.2, 0.25) is 0 Å². The number of hydrogen-bond donors (Lipinski definition) is 0. The molecule has 0 aliphatic carbocycles. The molecule has 0 atom stereocenters. The van der Waals surface area contributed by atoms with Crippen LogP contribution in [0.1, 0.15) is 0 Å². The van der Waals surface area contributed by atoms with E-state index < -0.39 is 0 Å². The van der Waals surface area contributed by atoms with Gasteiger partial charge in [-0.1, -0.05) is 382 Å². The third-order valence-corrected chi connectivity index (χ3v) is 29.8. The summed E-state index contributed by atoms with van der Waals surface area (Å²) in [6, 6.07) is 172. The van der Waals surface area contributed by atoms with Crippen molar-refractivity contribution in [2.75, 3.05) is 0 Å². The van der Waals surface area contributed by atoms with Gasteiger partial charge in [-0.15, -0.1) is 22.7 Å². The van der Waals surface area contributed by atoms with Gasteiger partial charge in [-0.25, -0.2) is 24.9 Å². The number of fused-ring (bicyclic) bond motifs is 18. The van der Waals surface area contributed by atoms with Gasteiger partial charge in [0.1, 0.15) is 0 Å². The number of nitrogens with zero attached hydrogens (tertiary/aromatic N) is 13. The maximum atomic E-state index is 5.10. The Bertz CT molecular complexity index is 9850. The highest BCUT2D eigenvalue weighted by molar-refractivity contribution is 7.26. The molecule has 20 aromatic carbocycles. The fourth-order valence-electron chi connectivity index (χ4n) is 20.6. The molecule has 0 aliphatic rings. The van der Waals surface area contributed by atoms with Crippen LogP contribution in [0.4, 0.5) is 0 Å². The second kappa shape index (κ2) is 35.8. The minimum atomic E-state index is 0.590. The largest absolute Gasteiger partial charge is 0.309 e. The van der Waals surface area contributed by atoms with Gasteiger partial charge in [-0.3, -0.25) is 9.13 Å². The van der Waals surface area contributed by atoms with Gasteiger partial charge in [0, 0.05) is 134 Å². The lowest BCUT2D eigenvalue weighted by atomic mass is 10.0. The molecule has 0 saturated heterocycles. The topological polar surface area (TPSA) is 136 Å². The normalized spacial score (nSPS) is 11.6. The minimum absolute atomic E-state index is 0.590. The molecule has 0 saturated carbocycles. The second-order valence-corrected chi connectivity index (χ2v) is 38.0. The standard InChI is InChI=1S/C45H29N5.C45H28N4S.C39H24N4S/c1-4-14-30(15-5-1)43-46-44(31-16-6-2-7-17-31)48-45(47-43)50-40-23-13-11-21-36(40)38-29-33(25-27-42(38)50)32-24-26-41-37(28-32)35-20-10-12-22-39(35)49(41)34-18-8-3-9-19-34;1-3-12-29(13-4-1)43-46-44(30-14-5-2-6-15-30)48-45(47-43)31-22-25-33(26-23-31)49-39-20-9-7-16-35(39)36-27-24-32(28-40(36)49)34-18-11-19-38-37-17-8-10-21-41(37)50-42(34)38;1-3-12-25(13-4-1)37-40-38(26-14-5-2-6-15-26)42-39(41-37)43-33-20-9-7-16-29(33)30-23-22-27(24-34(30)43)28-18-11-19-32-31-17-8-10-21-35(31)44-36(28)32/h1-29H;1-28H;1-24H. The summed E-state index contributed by atoms with van der Waals surface area (Å²) in [5.74, 6) is 5.71. The molecule has 0 unspecified atom stereocenters. The fraction of sp³-hybridized carbons (Fsp3) is 0. The summed E-state index contributed by atoms with van der Waals surface area (Å²) < 4.78 is 14.3. The summed E-state index contributed by atoms with van der Waals surface area (Å²) in [7, 11) is 0. The Morgan fingerprint density at radius 1 is 0.139 bits per heavy atom. The van der Waals surface area contributed by atoms with E-state index in [2.05, 4.69) is 328 Å². The van der Waals surface area contributed by atoms with Gasteiger partial charge in [-0.05, 0) is 143 Å². The van der Waals surface area contributed by atoms with Crippen molar-refractivity contribution in [2.24, 2.45) is 0 Å². The smallest absolute Gasteiger partial charge is 0.238 e. The first-order valence-electron chi connectivity index (χ1n) is 48.1. The molecule has 0 aliphatic heterocycles. The summed E-state index contributed by atoms with van der Waals surface area (Å²) in [4.78, 5) is 45.0. The molecule has 15 heteroatoms. The van der Waals surface area contributed by atoms with Crippen LogP contribution in [-0.2, 0) is 0 Å². The summed E-state index contributed by atoms with van der Waals surface area (Å²) in [6.45, 7) is 0. The Morgan fingerprint density at radius 3 is 0.757 bits per heavy atom. The summed E-state index contributed by atoms with van der Waals surface area (Å²) >= 11 is 3.72. The van der Waals surface area contributed by atoms with E-state index >= 15 is 0 Å². The molecule has 144 heavy (non-hydrogen) atoms. The number of thiophene rings is 2. The van der Waals surface area contributed by atoms with E-state index in [1.54, 1.807) is 0 Å². The van der Waals surface area contributed by atoms with Gasteiger partial charge >= 0.3 is 0 Å². The zero-order valence-electron chi connectivity index (χ0n) is 77.4. The lowest BCUT2D eigenvalue weighted by Gasteiger charge is -2.11. The Hall–Kier alpha value is -18.9. The molecule has 29 aromatic rings. The zero-order valence-corrected chi connectivity index (χ0v) is 79.0. The number of aromatic nitrogens is 13. The molecule has 9 heterocycles. The molecule has 13 nitrogen and oxygen atoms in total. The highest BCUT2D eigenvalue weighted by atomic mass is 32.1. The highest BCUT2D eigenvalue weighted by Crippen LogP contribution is 2.47. The number of rotatable bonds is 14. The van der Waals surface area contributed by atoms with Crippen LogP contribution in [-0.4, -0.2) is 63.1 Å². The van der Waals surface area contributed by atoms with Gasteiger partial charge < -0.3 is 9.13 Å². The molecule has 0 N–H and O–H groups in total. The number of hydrogen-bond acceptors (Lipinski definition) is 11. The highest BCUT2D eigenvalue weighted by Gasteiger charge is 2.26. The third-order valence-electron chi connectivity index (χ3n) is 27.3. The molecular weight excluding hydrogens is 1800 g/mol. The maximum absolute atomic E-state index is 5.10. The van der Waals surface area contributed by atoms with E-state index in [9.17, 15) is 0 Å². The number of para-hydroxylation sites is 5. The molecule has 0 bridgehead atoms. The van der Waals surface area contributed by atoms with Crippen molar-refractivity contribution in [3.05, 3.63) is 491 Å². The average molecular weight is 1880 g/mol. The van der Waals surface area contributed by atoms with Crippen molar-refractivity contribution in [3.8, 4) is 136 Å². The van der Waals surface area contributed by atoms with E-state index in [1.165, 1.54) is 112 Å². The first-order valence-corrected chi connectivity index (χ1v) is 49.8. The Balaban J connectivity index is 0.000000108. The van der Waals surface area contributed by atoms with Gasteiger partial charge in [0.05, 0.1) is 44.1 Å².